The van der Waals surface area contributed by atoms with E-state index in [2.05, 4.69) is 21.3 Å². The van der Waals surface area contributed by atoms with Crippen LogP contribution in [0.15, 0.2) is 48.8 Å². The largest absolute Gasteiger partial charge is 0.374 e. The monoisotopic (exact) mass is 394 g/mol. The second-order valence-corrected chi connectivity index (χ2v) is 7.88. The van der Waals surface area contributed by atoms with Gasteiger partial charge in [0, 0.05) is 49.9 Å². The quantitative estimate of drug-likeness (QED) is 0.822. The van der Waals surface area contributed by atoms with E-state index in [4.69, 9.17) is 4.74 Å². The maximum atomic E-state index is 12.7. The normalized spacial score (nSPS) is 17.9. The average molecular weight is 395 g/mol. The number of hydrogen-bond donors (Lipinski definition) is 1. The number of piperazine rings is 1. The summed E-state index contributed by atoms with van der Waals surface area (Å²) in [6.45, 7) is 3.68. The Morgan fingerprint density at radius 1 is 1.03 bits per heavy atom. The molecule has 1 saturated heterocycles. The number of ether oxygens (including phenoxy) is 1. The molecule has 2 fully saturated rings. The Balaban J connectivity index is 1.26. The van der Waals surface area contributed by atoms with Gasteiger partial charge in [-0.05, 0) is 42.7 Å². The van der Waals surface area contributed by atoms with Gasteiger partial charge < -0.3 is 19.9 Å². The van der Waals surface area contributed by atoms with Gasteiger partial charge in [-0.1, -0.05) is 31.4 Å². The minimum Gasteiger partial charge on any atom is -0.374 e. The molecule has 1 N–H and O–H groups in total. The van der Waals surface area contributed by atoms with Crippen LogP contribution in [0.1, 0.15) is 37.7 Å². The number of urea groups is 1. The third kappa shape index (κ3) is 5.48. The summed E-state index contributed by atoms with van der Waals surface area (Å²) in [5, 5.41) is 3.05. The molecule has 0 spiro atoms. The summed E-state index contributed by atoms with van der Waals surface area (Å²) in [6, 6.07) is 12.0. The molecule has 0 bridgehead atoms. The third-order valence-electron chi connectivity index (χ3n) is 5.81. The second-order valence-electron chi connectivity index (χ2n) is 7.88. The molecule has 1 aliphatic heterocycles. The molecular weight excluding hydrogens is 364 g/mol. The van der Waals surface area contributed by atoms with Gasteiger partial charge in [-0.3, -0.25) is 4.98 Å². The number of carbonyl (C=O) groups is 1. The molecule has 2 aliphatic rings. The first kappa shape index (κ1) is 19.7. The summed E-state index contributed by atoms with van der Waals surface area (Å²) in [7, 11) is 0. The van der Waals surface area contributed by atoms with Crippen LogP contribution in [0.25, 0.3) is 0 Å². The Labute approximate surface area is 172 Å². The second kappa shape index (κ2) is 9.74. The molecule has 1 saturated carbocycles. The van der Waals surface area contributed by atoms with Crippen molar-refractivity contribution in [2.45, 2.75) is 44.8 Å². The molecule has 0 atom stereocenters. The van der Waals surface area contributed by atoms with E-state index in [0.29, 0.717) is 25.8 Å². The Kier molecular flexibility index (Phi) is 6.62. The summed E-state index contributed by atoms with van der Waals surface area (Å²) in [5.74, 6) is 0. The molecule has 1 aromatic carbocycles. The molecule has 2 heterocycles. The van der Waals surface area contributed by atoms with Crippen molar-refractivity contribution in [2.24, 2.45) is 0 Å². The highest BCUT2D eigenvalue weighted by Crippen LogP contribution is 2.22. The topological polar surface area (TPSA) is 57.7 Å². The Morgan fingerprint density at radius 3 is 2.55 bits per heavy atom. The van der Waals surface area contributed by atoms with Crippen molar-refractivity contribution in [2.75, 3.05) is 36.4 Å². The van der Waals surface area contributed by atoms with Gasteiger partial charge in [-0.25, -0.2) is 4.79 Å². The third-order valence-corrected chi connectivity index (χ3v) is 5.81. The number of amides is 2. The summed E-state index contributed by atoms with van der Waals surface area (Å²) in [5.41, 5.74) is 3.10. The predicted octanol–water partition coefficient (Wildman–Crippen LogP) is 4.29. The number of carbonyl (C=O) groups excluding carboxylic acids is 1. The van der Waals surface area contributed by atoms with Crippen molar-refractivity contribution in [3.8, 4) is 0 Å². The Morgan fingerprint density at radius 2 is 1.79 bits per heavy atom. The van der Waals surface area contributed by atoms with E-state index in [-0.39, 0.29) is 6.03 Å². The van der Waals surface area contributed by atoms with Crippen LogP contribution >= 0.6 is 0 Å². The number of rotatable bonds is 5. The van der Waals surface area contributed by atoms with Gasteiger partial charge in [-0.2, -0.15) is 0 Å². The molecule has 6 heteroatoms. The molecule has 0 radical (unpaired) electrons. The molecule has 1 aliphatic carbocycles. The molecule has 4 rings (SSSR count). The standard InChI is InChI=1S/C23H30N4O2/c28-23(27-15-13-26(14-16-27)21-9-11-24-12-10-21)25-20-6-4-5-19(17-20)18-29-22-7-2-1-3-8-22/h4-6,9-12,17,22H,1-3,7-8,13-16,18H2,(H,25,28). The van der Waals surface area contributed by atoms with Crippen LogP contribution < -0.4 is 10.2 Å². The number of pyridine rings is 1. The molecule has 154 valence electrons. The fourth-order valence-electron chi connectivity index (χ4n) is 4.11. The number of benzene rings is 1. The lowest BCUT2D eigenvalue weighted by molar-refractivity contribution is 0.0169. The highest BCUT2D eigenvalue weighted by molar-refractivity contribution is 5.89. The van der Waals surface area contributed by atoms with Crippen LogP contribution in [0.4, 0.5) is 16.2 Å². The predicted molar refractivity (Wildman–Crippen MR) is 115 cm³/mol. The number of hydrogen-bond acceptors (Lipinski definition) is 4. The SMILES string of the molecule is O=C(Nc1cccc(COC2CCCCC2)c1)N1CCN(c2ccncc2)CC1. The van der Waals surface area contributed by atoms with Gasteiger partial charge in [0.15, 0.2) is 0 Å². The Bertz CT molecular complexity index is 784. The maximum absolute atomic E-state index is 12.7. The van der Waals surface area contributed by atoms with Crippen molar-refractivity contribution in [1.82, 2.24) is 9.88 Å². The first-order valence-corrected chi connectivity index (χ1v) is 10.7. The molecule has 29 heavy (non-hydrogen) atoms. The van der Waals surface area contributed by atoms with Crippen LogP contribution in [0, 0.1) is 0 Å². The summed E-state index contributed by atoms with van der Waals surface area (Å²) < 4.78 is 6.07. The first-order chi connectivity index (χ1) is 14.3. The van der Waals surface area contributed by atoms with Crippen LogP contribution in [-0.2, 0) is 11.3 Å². The fraction of sp³-hybridized carbons (Fsp3) is 0.478. The van der Waals surface area contributed by atoms with Crippen LogP contribution in [-0.4, -0.2) is 48.2 Å². The van der Waals surface area contributed by atoms with E-state index in [1.54, 1.807) is 12.4 Å². The summed E-state index contributed by atoms with van der Waals surface area (Å²) >= 11 is 0. The number of nitrogens with zero attached hydrogens (tertiary/aromatic N) is 3. The number of nitrogens with one attached hydrogen (secondary N) is 1. The lowest BCUT2D eigenvalue weighted by Gasteiger charge is -2.36. The fourth-order valence-corrected chi connectivity index (χ4v) is 4.11. The molecular formula is C23H30N4O2. The van der Waals surface area contributed by atoms with Gasteiger partial charge in [0.25, 0.3) is 0 Å². The van der Waals surface area contributed by atoms with Crippen molar-refractivity contribution in [3.05, 3.63) is 54.4 Å². The average Bonchev–Trinajstić information content (AvgIpc) is 2.79. The Hall–Kier alpha value is -2.60. The molecule has 2 amide bonds. The molecule has 2 aromatic rings. The lowest BCUT2D eigenvalue weighted by atomic mass is 9.98. The van der Waals surface area contributed by atoms with Gasteiger partial charge in [0.2, 0.25) is 0 Å². The number of anilines is 2. The minimum atomic E-state index is -0.0373. The first-order valence-electron chi connectivity index (χ1n) is 10.7. The van der Waals surface area contributed by atoms with Crippen molar-refractivity contribution >= 4 is 17.4 Å². The van der Waals surface area contributed by atoms with E-state index < -0.39 is 0 Å². The van der Waals surface area contributed by atoms with Crippen LogP contribution in [0.2, 0.25) is 0 Å². The van der Waals surface area contributed by atoms with Gasteiger partial charge in [-0.15, -0.1) is 0 Å². The van der Waals surface area contributed by atoms with E-state index in [1.165, 1.54) is 32.1 Å². The smallest absolute Gasteiger partial charge is 0.321 e. The van der Waals surface area contributed by atoms with E-state index >= 15 is 0 Å². The maximum Gasteiger partial charge on any atom is 0.321 e. The van der Waals surface area contributed by atoms with Gasteiger partial charge >= 0.3 is 6.03 Å². The van der Waals surface area contributed by atoms with E-state index in [0.717, 1.165) is 30.0 Å². The molecule has 6 nitrogen and oxygen atoms in total. The number of aromatic nitrogens is 1. The zero-order valence-corrected chi connectivity index (χ0v) is 16.9. The van der Waals surface area contributed by atoms with Crippen molar-refractivity contribution in [1.29, 1.82) is 0 Å². The van der Waals surface area contributed by atoms with Gasteiger partial charge in [0.05, 0.1) is 12.7 Å². The van der Waals surface area contributed by atoms with Crippen LogP contribution in [0.5, 0.6) is 0 Å². The zero-order chi connectivity index (χ0) is 19.9. The molecule has 0 unspecified atom stereocenters. The zero-order valence-electron chi connectivity index (χ0n) is 16.9. The van der Waals surface area contributed by atoms with Crippen molar-refractivity contribution < 1.29 is 9.53 Å². The van der Waals surface area contributed by atoms with E-state index in [9.17, 15) is 4.79 Å². The highest BCUT2D eigenvalue weighted by Gasteiger charge is 2.21. The minimum absolute atomic E-state index is 0.0373. The molecule has 1 aromatic heterocycles. The van der Waals surface area contributed by atoms with Gasteiger partial charge in [0.1, 0.15) is 0 Å². The summed E-state index contributed by atoms with van der Waals surface area (Å²) in [4.78, 5) is 20.9. The lowest BCUT2D eigenvalue weighted by Crippen LogP contribution is -2.50. The van der Waals surface area contributed by atoms with E-state index in [1.807, 2.05) is 35.2 Å². The van der Waals surface area contributed by atoms with Crippen molar-refractivity contribution in [3.63, 3.8) is 0 Å². The van der Waals surface area contributed by atoms with Crippen LogP contribution in [0.3, 0.4) is 0 Å². The summed E-state index contributed by atoms with van der Waals surface area (Å²) in [6.07, 6.45) is 10.2. The highest BCUT2D eigenvalue weighted by atomic mass is 16.5.